The SMILES string of the molecule is CC[C@@H]1C(=O)C[C@]2(C(C)(C)C)O[C@H]1C(C(C)(C)C)C2=O. The Morgan fingerprint density at radius 2 is 1.70 bits per heavy atom. The van der Waals surface area contributed by atoms with E-state index in [0.29, 0.717) is 0 Å². The highest BCUT2D eigenvalue weighted by molar-refractivity contribution is 6.01. The Kier molecular flexibility index (Phi) is 3.45. The summed E-state index contributed by atoms with van der Waals surface area (Å²) in [7, 11) is 0. The summed E-state index contributed by atoms with van der Waals surface area (Å²) in [4.78, 5) is 25.7. The number of rotatable bonds is 1. The van der Waals surface area contributed by atoms with Gasteiger partial charge in [0.05, 0.1) is 12.0 Å². The van der Waals surface area contributed by atoms with Crippen molar-refractivity contribution in [1.29, 1.82) is 0 Å². The lowest BCUT2D eigenvalue weighted by atomic mass is 9.67. The molecular weight excluding hydrogens is 252 g/mol. The first kappa shape index (κ1) is 15.7. The van der Waals surface area contributed by atoms with Crippen molar-refractivity contribution < 1.29 is 14.3 Å². The Morgan fingerprint density at radius 3 is 2.10 bits per heavy atom. The van der Waals surface area contributed by atoms with Crippen molar-refractivity contribution >= 4 is 11.6 Å². The molecule has 0 aromatic heterocycles. The predicted octanol–water partition coefficient (Wildman–Crippen LogP) is 3.40. The van der Waals surface area contributed by atoms with Gasteiger partial charge in [0.15, 0.2) is 5.78 Å². The molecule has 0 aromatic rings. The van der Waals surface area contributed by atoms with E-state index in [1.807, 2.05) is 27.7 Å². The smallest absolute Gasteiger partial charge is 0.171 e. The topological polar surface area (TPSA) is 43.4 Å². The summed E-state index contributed by atoms with van der Waals surface area (Å²) < 4.78 is 6.30. The van der Waals surface area contributed by atoms with Crippen molar-refractivity contribution in [2.45, 2.75) is 73.0 Å². The van der Waals surface area contributed by atoms with Crippen molar-refractivity contribution in [2.24, 2.45) is 22.7 Å². The van der Waals surface area contributed by atoms with Crippen molar-refractivity contribution in [1.82, 2.24) is 0 Å². The molecule has 2 heterocycles. The highest BCUT2D eigenvalue weighted by Gasteiger charge is 2.67. The van der Waals surface area contributed by atoms with Gasteiger partial charge in [-0.05, 0) is 17.3 Å². The molecule has 4 atom stereocenters. The normalized spacial score (nSPS) is 38.5. The van der Waals surface area contributed by atoms with Crippen LogP contribution in [0, 0.1) is 22.7 Å². The molecule has 114 valence electrons. The summed E-state index contributed by atoms with van der Waals surface area (Å²) in [6, 6.07) is 0. The fourth-order valence-electron chi connectivity index (χ4n) is 3.92. The van der Waals surface area contributed by atoms with Gasteiger partial charge in [-0.2, -0.15) is 0 Å². The van der Waals surface area contributed by atoms with Gasteiger partial charge in [-0.15, -0.1) is 0 Å². The minimum atomic E-state index is -0.918. The maximum Gasteiger partial charge on any atom is 0.171 e. The molecule has 0 radical (unpaired) electrons. The molecule has 20 heavy (non-hydrogen) atoms. The van der Waals surface area contributed by atoms with E-state index >= 15 is 0 Å². The second kappa shape index (κ2) is 4.40. The monoisotopic (exact) mass is 280 g/mol. The highest BCUT2D eigenvalue weighted by atomic mass is 16.5. The minimum Gasteiger partial charge on any atom is -0.361 e. The van der Waals surface area contributed by atoms with Crippen LogP contribution >= 0.6 is 0 Å². The molecule has 0 spiro atoms. The Hall–Kier alpha value is -0.700. The molecule has 1 unspecified atom stereocenters. The molecular formula is C17H28O3. The molecule has 2 aliphatic rings. The molecule has 2 rings (SSSR count). The van der Waals surface area contributed by atoms with Crippen LogP contribution in [0.3, 0.4) is 0 Å². The molecule has 3 heteroatoms. The summed E-state index contributed by atoms with van der Waals surface area (Å²) in [5, 5.41) is 0. The number of fused-ring (bicyclic) bond motifs is 2. The van der Waals surface area contributed by atoms with Crippen LogP contribution in [-0.2, 0) is 14.3 Å². The zero-order valence-electron chi connectivity index (χ0n) is 13.9. The fraction of sp³-hybridized carbons (Fsp3) is 0.882. The van der Waals surface area contributed by atoms with Crippen LogP contribution in [0.4, 0.5) is 0 Å². The molecule has 0 aliphatic carbocycles. The van der Waals surface area contributed by atoms with Crippen LogP contribution in [0.5, 0.6) is 0 Å². The van der Waals surface area contributed by atoms with Gasteiger partial charge in [0, 0.05) is 12.3 Å². The average Bonchev–Trinajstić information content (AvgIpc) is 2.48. The van der Waals surface area contributed by atoms with E-state index in [4.69, 9.17) is 4.74 Å². The maximum absolute atomic E-state index is 13.1. The third-order valence-electron chi connectivity index (χ3n) is 5.16. The van der Waals surface area contributed by atoms with Crippen molar-refractivity contribution in [2.75, 3.05) is 0 Å². The summed E-state index contributed by atoms with van der Waals surface area (Å²) in [6.07, 6.45) is 0.758. The molecule has 3 nitrogen and oxygen atoms in total. The second-order valence-electron chi connectivity index (χ2n) is 8.53. The Balaban J connectivity index is 2.56. The first-order valence-corrected chi connectivity index (χ1v) is 7.70. The van der Waals surface area contributed by atoms with E-state index in [0.717, 1.165) is 6.42 Å². The van der Waals surface area contributed by atoms with Gasteiger partial charge >= 0.3 is 0 Å². The number of hydrogen-bond acceptors (Lipinski definition) is 3. The zero-order valence-corrected chi connectivity index (χ0v) is 13.9. The first-order chi connectivity index (χ1) is 8.95. The number of Topliss-reactive ketones (excluding diaryl/α,β-unsaturated/α-hetero) is 2. The van der Waals surface area contributed by atoms with Gasteiger partial charge in [-0.3, -0.25) is 9.59 Å². The minimum absolute atomic E-state index is 0.124. The summed E-state index contributed by atoms with van der Waals surface area (Å²) in [5.74, 6) is 0.0462. The number of hydrogen-bond donors (Lipinski definition) is 0. The van der Waals surface area contributed by atoms with Crippen LogP contribution in [-0.4, -0.2) is 23.3 Å². The first-order valence-electron chi connectivity index (χ1n) is 7.70. The summed E-state index contributed by atoms with van der Waals surface area (Å²) in [6.45, 7) is 14.3. The van der Waals surface area contributed by atoms with Crippen molar-refractivity contribution in [3.8, 4) is 0 Å². The van der Waals surface area contributed by atoms with Crippen LogP contribution in [0.25, 0.3) is 0 Å². The van der Waals surface area contributed by atoms with Crippen LogP contribution in [0.15, 0.2) is 0 Å². The number of ether oxygens (including phenoxy) is 1. The Morgan fingerprint density at radius 1 is 1.15 bits per heavy atom. The lowest BCUT2D eigenvalue weighted by Crippen LogP contribution is -2.54. The molecule has 0 N–H and O–H groups in total. The molecule has 2 aliphatic heterocycles. The van der Waals surface area contributed by atoms with Crippen LogP contribution in [0.1, 0.15) is 61.3 Å². The third kappa shape index (κ3) is 1.97. The Labute approximate surface area is 122 Å². The summed E-state index contributed by atoms with van der Waals surface area (Å²) in [5.41, 5.74) is -1.44. The number of ketones is 2. The molecule has 0 aromatic carbocycles. The van der Waals surface area contributed by atoms with E-state index in [9.17, 15) is 9.59 Å². The van der Waals surface area contributed by atoms with E-state index in [2.05, 4.69) is 20.8 Å². The molecule has 0 saturated carbocycles. The second-order valence-corrected chi connectivity index (χ2v) is 8.53. The number of carbonyl (C=O) groups excluding carboxylic acids is 2. The van der Waals surface area contributed by atoms with Gasteiger partial charge in [-0.1, -0.05) is 48.5 Å². The van der Waals surface area contributed by atoms with E-state index in [-0.39, 0.29) is 46.8 Å². The zero-order chi connectivity index (χ0) is 15.5. The average molecular weight is 280 g/mol. The van der Waals surface area contributed by atoms with Gasteiger partial charge in [0.1, 0.15) is 11.4 Å². The quantitative estimate of drug-likeness (QED) is 0.739. The van der Waals surface area contributed by atoms with E-state index in [1.54, 1.807) is 0 Å². The Bertz CT molecular complexity index is 438. The molecule has 2 fully saturated rings. The van der Waals surface area contributed by atoms with Crippen molar-refractivity contribution in [3.05, 3.63) is 0 Å². The largest absolute Gasteiger partial charge is 0.361 e. The molecule has 2 bridgehead atoms. The molecule has 0 amide bonds. The van der Waals surface area contributed by atoms with Gasteiger partial charge < -0.3 is 4.74 Å². The predicted molar refractivity (Wildman–Crippen MR) is 78.4 cm³/mol. The van der Waals surface area contributed by atoms with Crippen molar-refractivity contribution in [3.63, 3.8) is 0 Å². The standard InChI is InChI=1S/C17H28O3/c1-8-10-11(18)9-17(16(5,6)7)14(19)12(13(10)20-17)15(2,3)4/h10,12-13H,8-9H2,1-7H3/t10-,12?,13-,17+/m1/s1. The van der Waals surface area contributed by atoms with E-state index in [1.165, 1.54) is 0 Å². The lowest BCUT2D eigenvalue weighted by molar-refractivity contribution is -0.178. The van der Waals surface area contributed by atoms with Gasteiger partial charge in [0.25, 0.3) is 0 Å². The fourth-order valence-corrected chi connectivity index (χ4v) is 3.92. The molecule has 2 saturated heterocycles. The maximum atomic E-state index is 13.1. The van der Waals surface area contributed by atoms with Crippen LogP contribution in [0.2, 0.25) is 0 Å². The number of carbonyl (C=O) groups is 2. The third-order valence-corrected chi connectivity index (χ3v) is 5.16. The summed E-state index contributed by atoms with van der Waals surface area (Å²) >= 11 is 0. The van der Waals surface area contributed by atoms with Gasteiger partial charge in [-0.25, -0.2) is 0 Å². The highest BCUT2D eigenvalue weighted by Crippen LogP contribution is 2.55. The van der Waals surface area contributed by atoms with Crippen LogP contribution < -0.4 is 0 Å². The van der Waals surface area contributed by atoms with Gasteiger partial charge in [0.2, 0.25) is 0 Å². The lowest BCUT2D eigenvalue weighted by Gasteiger charge is -2.43. The van der Waals surface area contributed by atoms with E-state index < -0.39 is 5.60 Å².